The van der Waals surface area contributed by atoms with Crippen LogP contribution in [0.3, 0.4) is 0 Å². The van der Waals surface area contributed by atoms with E-state index in [0.29, 0.717) is 6.20 Å². The summed E-state index contributed by atoms with van der Waals surface area (Å²) in [6, 6.07) is -0.286. The predicted molar refractivity (Wildman–Crippen MR) is 120 cm³/mol. The van der Waals surface area contributed by atoms with Crippen LogP contribution in [0.2, 0.25) is 0 Å². The zero-order valence-electron chi connectivity index (χ0n) is 19.8. The van der Waals surface area contributed by atoms with Gasteiger partial charge in [-0.25, -0.2) is 27.2 Å². The number of carbonyl (C=O) groups is 1. The molecule has 1 aliphatic heterocycles. The molecule has 8 nitrogen and oxygen atoms in total. The number of sulfonamides is 1. The van der Waals surface area contributed by atoms with Gasteiger partial charge in [-0.1, -0.05) is 0 Å². The third-order valence-corrected chi connectivity index (χ3v) is 7.92. The molecule has 4 rings (SSSR count). The van der Waals surface area contributed by atoms with Gasteiger partial charge in [0.15, 0.2) is 0 Å². The highest BCUT2D eigenvalue weighted by Gasteiger charge is 2.56. The van der Waals surface area contributed by atoms with E-state index in [2.05, 4.69) is 20.3 Å². The van der Waals surface area contributed by atoms with Crippen LogP contribution in [-0.2, 0) is 27.5 Å². The Balaban J connectivity index is 1.56. The van der Waals surface area contributed by atoms with Crippen LogP contribution in [0, 0.1) is 11.6 Å². The lowest BCUT2D eigenvalue weighted by Gasteiger charge is -2.30. The minimum atomic E-state index is -5.03. The standard InChI is InChI=1S/C23H17F8N5O3S/c24-14-1-3-15(4-2-14)40(38,39)36-18(5-6-19(36)22(26,27)28)20(37)33-8-12-7-17(32-11-16(12)25)13-9-34-21(35-10-13)23(29,30)31/h1-4,7,9-11,18-19H,5-6,8H2,(H,33,37)/t18-,19+/m0/s1. The number of amides is 1. The summed E-state index contributed by atoms with van der Waals surface area (Å²) in [5.74, 6) is -4.37. The van der Waals surface area contributed by atoms with Crippen LogP contribution >= 0.6 is 0 Å². The highest BCUT2D eigenvalue weighted by atomic mass is 32.2. The van der Waals surface area contributed by atoms with E-state index in [-0.39, 0.29) is 21.1 Å². The highest BCUT2D eigenvalue weighted by Crippen LogP contribution is 2.40. The number of pyridine rings is 1. The fourth-order valence-electron chi connectivity index (χ4n) is 4.09. The second-order valence-corrected chi connectivity index (χ2v) is 10.5. The zero-order chi connectivity index (χ0) is 29.5. The minimum absolute atomic E-state index is 0.0173. The number of benzene rings is 1. The topological polar surface area (TPSA) is 105 Å². The van der Waals surface area contributed by atoms with Crippen LogP contribution in [0.25, 0.3) is 11.3 Å². The Labute approximate surface area is 221 Å². The van der Waals surface area contributed by atoms with E-state index in [4.69, 9.17) is 0 Å². The maximum Gasteiger partial charge on any atom is 0.451 e. The van der Waals surface area contributed by atoms with Crippen molar-refractivity contribution in [1.82, 2.24) is 24.6 Å². The molecule has 17 heteroatoms. The Hall–Kier alpha value is -3.73. The molecule has 0 saturated carbocycles. The lowest BCUT2D eigenvalue weighted by Crippen LogP contribution is -2.52. The third kappa shape index (κ3) is 6.04. The average molecular weight is 595 g/mol. The maximum absolute atomic E-state index is 14.4. The van der Waals surface area contributed by atoms with Crippen molar-refractivity contribution in [3.05, 3.63) is 71.9 Å². The van der Waals surface area contributed by atoms with Gasteiger partial charge in [-0.3, -0.25) is 9.78 Å². The van der Waals surface area contributed by atoms with Crippen LogP contribution in [-0.4, -0.2) is 51.8 Å². The molecule has 0 radical (unpaired) electrons. The molecule has 2 atom stereocenters. The lowest BCUT2D eigenvalue weighted by atomic mass is 10.1. The average Bonchev–Trinajstić information content (AvgIpc) is 3.35. The monoisotopic (exact) mass is 595 g/mol. The highest BCUT2D eigenvalue weighted by molar-refractivity contribution is 7.89. The Morgan fingerprint density at radius 2 is 1.57 bits per heavy atom. The van der Waals surface area contributed by atoms with Gasteiger partial charge in [-0.05, 0) is 43.2 Å². The number of halogens is 8. The van der Waals surface area contributed by atoms with Crippen LogP contribution in [0.4, 0.5) is 35.1 Å². The predicted octanol–water partition coefficient (Wildman–Crippen LogP) is 4.24. The van der Waals surface area contributed by atoms with Crippen molar-refractivity contribution < 1.29 is 48.3 Å². The van der Waals surface area contributed by atoms with Crippen molar-refractivity contribution >= 4 is 15.9 Å². The first-order chi connectivity index (χ1) is 18.6. The second kappa shape index (κ2) is 10.7. The van der Waals surface area contributed by atoms with E-state index in [1.807, 2.05) is 0 Å². The van der Waals surface area contributed by atoms with Crippen molar-refractivity contribution in [2.45, 2.75) is 48.7 Å². The van der Waals surface area contributed by atoms with Gasteiger partial charge in [0.25, 0.3) is 0 Å². The normalized spacial score (nSPS) is 18.6. The number of nitrogens with one attached hydrogen (secondary N) is 1. The number of rotatable bonds is 6. The van der Waals surface area contributed by atoms with Gasteiger partial charge in [0.05, 0.1) is 16.8 Å². The summed E-state index contributed by atoms with van der Waals surface area (Å²) in [4.78, 5) is 22.4. The number of nitrogens with zero attached hydrogens (tertiary/aromatic N) is 4. The summed E-state index contributed by atoms with van der Waals surface area (Å²) < 4.78 is 133. The Morgan fingerprint density at radius 1 is 0.950 bits per heavy atom. The first kappa shape index (κ1) is 29.3. The number of carbonyl (C=O) groups excluding carboxylic acids is 1. The van der Waals surface area contributed by atoms with Gasteiger partial charge in [0.2, 0.25) is 21.8 Å². The fourth-order valence-corrected chi connectivity index (χ4v) is 5.91. The van der Waals surface area contributed by atoms with Crippen molar-refractivity contribution in [3.63, 3.8) is 0 Å². The van der Waals surface area contributed by atoms with Gasteiger partial charge < -0.3 is 5.32 Å². The molecule has 3 heterocycles. The summed E-state index contributed by atoms with van der Waals surface area (Å²) in [5, 5.41) is 2.20. The largest absolute Gasteiger partial charge is 0.451 e. The fraction of sp³-hybridized carbons (Fsp3) is 0.304. The van der Waals surface area contributed by atoms with E-state index in [1.165, 1.54) is 0 Å². The zero-order valence-corrected chi connectivity index (χ0v) is 20.7. The molecule has 3 aromatic rings. The molecule has 1 aromatic carbocycles. The van der Waals surface area contributed by atoms with E-state index in [0.717, 1.165) is 42.7 Å². The molecule has 1 saturated heterocycles. The molecule has 0 bridgehead atoms. The Morgan fingerprint density at radius 3 is 2.15 bits per heavy atom. The first-order valence-corrected chi connectivity index (χ1v) is 12.7. The number of alkyl halides is 6. The van der Waals surface area contributed by atoms with Gasteiger partial charge in [0.1, 0.15) is 23.7 Å². The quantitative estimate of drug-likeness (QED) is 0.428. The number of hydrogen-bond acceptors (Lipinski definition) is 6. The van der Waals surface area contributed by atoms with Crippen LogP contribution < -0.4 is 5.32 Å². The summed E-state index contributed by atoms with van der Waals surface area (Å²) in [6.07, 6.45) is -8.77. The molecule has 1 N–H and O–H groups in total. The van der Waals surface area contributed by atoms with E-state index >= 15 is 0 Å². The van der Waals surface area contributed by atoms with Crippen molar-refractivity contribution in [2.24, 2.45) is 0 Å². The molecule has 1 fully saturated rings. The van der Waals surface area contributed by atoms with Crippen LogP contribution in [0.15, 0.2) is 53.8 Å². The summed E-state index contributed by atoms with van der Waals surface area (Å²) in [7, 11) is -4.92. The molecule has 1 aliphatic rings. The van der Waals surface area contributed by atoms with Gasteiger partial charge in [0, 0.05) is 30.1 Å². The Kier molecular flexibility index (Phi) is 7.81. The molecule has 1 amide bonds. The number of hydrogen-bond donors (Lipinski definition) is 1. The van der Waals surface area contributed by atoms with Crippen LogP contribution in [0.1, 0.15) is 24.2 Å². The van der Waals surface area contributed by atoms with Crippen LogP contribution in [0.5, 0.6) is 0 Å². The number of aromatic nitrogens is 3. The molecular weight excluding hydrogens is 578 g/mol. The van der Waals surface area contributed by atoms with Crippen molar-refractivity contribution in [2.75, 3.05) is 0 Å². The van der Waals surface area contributed by atoms with Gasteiger partial charge >= 0.3 is 12.4 Å². The summed E-state index contributed by atoms with van der Waals surface area (Å²) in [5.41, 5.74) is -0.351. The van der Waals surface area contributed by atoms with Crippen molar-refractivity contribution in [1.29, 1.82) is 0 Å². The van der Waals surface area contributed by atoms with Crippen molar-refractivity contribution in [3.8, 4) is 11.3 Å². The van der Waals surface area contributed by atoms with Gasteiger partial charge in [-0.15, -0.1) is 0 Å². The van der Waals surface area contributed by atoms with E-state index in [9.17, 15) is 48.3 Å². The molecular formula is C23H17F8N5O3S. The summed E-state index contributed by atoms with van der Waals surface area (Å²) in [6.45, 7) is -0.626. The molecule has 0 spiro atoms. The molecule has 0 aliphatic carbocycles. The summed E-state index contributed by atoms with van der Waals surface area (Å²) >= 11 is 0. The van der Waals surface area contributed by atoms with E-state index in [1.54, 1.807) is 0 Å². The van der Waals surface area contributed by atoms with E-state index < -0.39 is 82.1 Å². The molecule has 214 valence electrons. The van der Waals surface area contributed by atoms with Gasteiger partial charge in [-0.2, -0.15) is 30.6 Å². The molecule has 40 heavy (non-hydrogen) atoms. The molecule has 0 unspecified atom stereocenters. The second-order valence-electron chi connectivity index (χ2n) is 8.61. The lowest BCUT2D eigenvalue weighted by molar-refractivity contribution is -0.167. The SMILES string of the molecule is O=C(NCc1cc(-c2cnc(C(F)(F)F)nc2)ncc1F)[C@@H]1CC[C@H](C(F)(F)F)N1S(=O)(=O)c1ccc(F)cc1. The maximum atomic E-state index is 14.4. The Bertz CT molecular complexity index is 1500. The minimum Gasteiger partial charge on any atom is -0.351 e. The smallest absolute Gasteiger partial charge is 0.351 e. The molecule has 2 aromatic heterocycles. The first-order valence-electron chi connectivity index (χ1n) is 11.3. The third-order valence-electron chi connectivity index (χ3n) is 5.99.